The summed E-state index contributed by atoms with van der Waals surface area (Å²) < 4.78 is 32.7. The molecule has 2 saturated heterocycles. The lowest BCUT2D eigenvalue weighted by Crippen LogP contribution is -2.52. The molecule has 3 heterocycles. The number of piperazine rings is 1. The summed E-state index contributed by atoms with van der Waals surface area (Å²) in [5.74, 6) is 0.797. The number of nitrogen functional groups attached to an aromatic ring is 1. The maximum atomic E-state index is 13.4. The summed E-state index contributed by atoms with van der Waals surface area (Å²) in [5, 5.41) is -0.619. The summed E-state index contributed by atoms with van der Waals surface area (Å²) in [6.45, 7) is 9.78. The minimum Gasteiger partial charge on any atom is -0.494 e. The van der Waals surface area contributed by atoms with Crippen LogP contribution in [0.4, 0.5) is 29.0 Å². The van der Waals surface area contributed by atoms with Gasteiger partial charge < -0.3 is 20.3 Å². The van der Waals surface area contributed by atoms with Crippen molar-refractivity contribution in [2.24, 2.45) is 0 Å². The molecule has 0 amide bonds. The van der Waals surface area contributed by atoms with Crippen molar-refractivity contribution in [1.29, 1.82) is 0 Å². The van der Waals surface area contributed by atoms with Gasteiger partial charge in [-0.05, 0) is 58.0 Å². The molecule has 2 aliphatic heterocycles. The number of hydrogen-bond acceptors (Lipinski definition) is 11. The van der Waals surface area contributed by atoms with E-state index in [1.54, 1.807) is 50.1 Å². The lowest BCUT2D eigenvalue weighted by Gasteiger charge is -2.42. The molecule has 2 fully saturated rings. The summed E-state index contributed by atoms with van der Waals surface area (Å²) in [6, 6.07) is 13.4. The zero-order valence-electron chi connectivity index (χ0n) is 24.3. The number of methoxy groups -OCH3 is 1. The molecule has 0 atom stereocenters. The largest absolute Gasteiger partial charge is 0.494 e. The Morgan fingerprint density at radius 1 is 0.976 bits per heavy atom. The molecule has 2 aromatic carbocycles. The number of hydrogen-bond donors (Lipinski definition) is 1. The zero-order chi connectivity index (χ0) is 29.1. The molecule has 2 aliphatic rings. The molecule has 3 aromatic rings. The number of nitrogens with zero attached hydrogens (tertiary/aromatic N) is 7. The number of anilines is 5. The molecule has 0 radical (unpaired) electrons. The predicted molar refractivity (Wildman–Crippen MR) is 162 cm³/mol. The van der Waals surface area contributed by atoms with Gasteiger partial charge in [-0.3, -0.25) is 9.80 Å². The monoisotopic (exact) mass is 580 g/mol. The molecule has 2 N–H and O–H groups in total. The second-order valence-electron chi connectivity index (χ2n) is 11.0. The molecule has 0 bridgehead atoms. The van der Waals surface area contributed by atoms with Crippen molar-refractivity contribution in [3.05, 3.63) is 48.8 Å². The van der Waals surface area contributed by atoms with Crippen LogP contribution in [-0.4, -0.2) is 97.9 Å². The highest BCUT2D eigenvalue weighted by atomic mass is 32.2. The van der Waals surface area contributed by atoms with E-state index in [9.17, 15) is 8.42 Å². The topological polar surface area (TPSA) is 121 Å². The van der Waals surface area contributed by atoms with E-state index in [0.29, 0.717) is 23.2 Å². The minimum absolute atomic E-state index is 0.0306. The first-order valence-electron chi connectivity index (χ1n) is 14.1. The predicted octanol–water partition coefficient (Wildman–Crippen LogP) is 3.33. The first-order valence-corrected chi connectivity index (χ1v) is 15.7. The fourth-order valence-corrected chi connectivity index (χ4v) is 6.84. The van der Waals surface area contributed by atoms with Gasteiger partial charge in [0.25, 0.3) is 0 Å². The van der Waals surface area contributed by atoms with E-state index in [0.717, 1.165) is 57.8 Å². The average molecular weight is 581 g/mol. The smallest absolute Gasteiger partial charge is 0.239 e. The Hall–Kier alpha value is -3.48. The molecule has 0 aliphatic carbocycles. The fourth-order valence-electron chi connectivity index (χ4n) is 5.61. The molecule has 220 valence electrons. The van der Waals surface area contributed by atoms with Crippen LogP contribution >= 0.6 is 0 Å². The number of para-hydroxylation sites is 1. The fraction of sp³-hybridized carbons (Fsp3) is 0.483. The van der Waals surface area contributed by atoms with Crippen molar-refractivity contribution >= 4 is 38.8 Å². The standard InChI is InChI=1S/C29H40N8O3S/c1-21(2)41(38,39)27-8-6-5-7-25(27)37(29-32-20-31-28(30)33-29)24-10-9-23(19-26(24)40-4)35-13-11-22(12-14-35)36-17-15-34(3)16-18-36/h5-10,19-22H,11-18H2,1-4H3,(H2,30,31,32,33). The third kappa shape index (κ3) is 6.09. The van der Waals surface area contributed by atoms with E-state index in [4.69, 9.17) is 10.5 Å². The van der Waals surface area contributed by atoms with Crippen molar-refractivity contribution in [2.45, 2.75) is 42.9 Å². The van der Waals surface area contributed by atoms with Gasteiger partial charge >= 0.3 is 0 Å². The number of sulfone groups is 1. The molecule has 12 heteroatoms. The maximum absolute atomic E-state index is 13.4. The van der Waals surface area contributed by atoms with Gasteiger partial charge in [-0.1, -0.05) is 12.1 Å². The molecule has 11 nitrogen and oxygen atoms in total. The van der Waals surface area contributed by atoms with Crippen molar-refractivity contribution in [2.75, 3.05) is 69.0 Å². The highest BCUT2D eigenvalue weighted by Gasteiger charge is 2.30. The van der Waals surface area contributed by atoms with Crippen molar-refractivity contribution < 1.29 is 13.2 Å². The highest BCUT2D eigenvalue weighted by molar-refractivity contribution is 7.92. The molecule has 0 unspecified atom stereocenters. The number of ether oxygens (including phenoxy) is 1. The van der Waals surface area contributed by atoms with Gasteiger partial charge in [0.2, 0.25) is 11.9 Å². The molecule has 41 heavy (non-hydrogen) atoms. The van der Waals surface area contributed by atoms with E-state index in [1.165, 1.54) is 6.33 Å². The number of likely N-dealkylation sites (N-methyl/N-ethyl adjacent to an activating group) is 1. The van der Waals surface area contributed by atoms with Gasteiger partial charge in [-0.2, -0.15) is 4.98 Å². The van der Waals surface area contributed by atoms with Crippen LogP contribution in [0.15, 0.2) is 53.7 Å². The maximum Gasteiger partial charge on any atom is 0.239 e. The molecule has 5 rings (SSSR count). The Labute approximate surface area is 242 Å². The van der Waals surface area contributed by atoms with Crippen LogP contribution in [0.5, 0.6) is 5.75 Å². The first kappa shape index (κ1) is 29.0. The van der Waals surface area contributed by atoms with E-state index in [1.807, 2.05) is 18.2 Å². The second kappa shape index (κ2) is 12.2. The van der Waals surface area contributed by atoms with Crippen LogP contribution in [0, 0.1) is 0 Å². The van der Waals surface area contributed by atoms with Gasteiger partial charge in [0.05, 0.1) is 28.6 Å². The Bertz CT molecular complexity index is 1450. The van der Waals surface area contributed by atoms with Crippen LogP contribution in [0.3, 0.4) is 0 Å². The van der Waals surface area contributed by atoms with Crippen LogP contribution in [0.2, 0.25) is 0 Å². The summed E-state index contributed by atoms with van der Waals surface area (Å²) in [5.41, 5.74) is 8.00. The van der Waals surface area contributed by atoms with E-state index in [2.05, 4.69) is 36.7 Å². The third-order valence-corrected chi connectivity index (χ3v) is 10.3. The van der Waals surface area contributed by atoms with Gasteiger partial charge in [-0.15, -0.1) is 0 Å². The Balaban J connectivity index is 1.48. The average Bonchev–Trinajstić information content (AvgIpc) is 2.98. The van der Waals surface area contributed by atoms with Crippen molar-refractivity contribution in [3.63, 3.8) is 0 Å². The SMILES string of the molecule is COc1cc(N2CCC(N3CCN(C)CC3)CC2)ccc1N(c1ncnc(N)n1)c1ccccc1S(=O)(=O)C(C)C. The quantitative estimate of drug-likeness (QED) is 0.422. The van der Waals surface area contributed by atoms with Crippen LogP contribution in [-0.2, 0) is 9.84 Å². The summed E-state index contributed by atoms with van der Waals surface area (Å²) in [6.07, 6.45) is 3.55. The van der Waals surface area contributed by atoms with E-state index in [-0.39, 0.29) is 16.8 Å². The first-order chi connectivity index (χ1) is 19.7. The van der Waals surface area contributed by atoms with E-state index < -0.39 is 15.1 Å². The van der Waals surface area contributed by atoms with Gasteiger partial charge in [-0.25, -0.2) is 18.4 Å². The van der Waals surface area contributed by atoms with Gasteiger partial charge in [0, 0.05) is 57.1 Å². The number of aromatic nitrogens is 3. The summed E-state index contributed by atoms with van der Waals surface area (Å²) >= 11 is 0. The number of piperidine rings is 1. The summed E-state index contributed by atoms with van der Waals surface area (Å²) in [4.78, 5) is 21.9. The molecule has 1 aromatic heterocycles. The summed E-state index contributed by atoms with van der Waals surface area (Å²) in [7, 11) is 0.159. The Kier molecular flexibility index (Phi) is 8.62. The van der Waals surface area contributed by atoms with E-state index >= 15 is 0 Å². The second-order valence-corrected chi connectivity index (χ2v) is 13.4. The number of nitrogens with two attached hydrogens (primary N) is 1. The molecule has 0 saturated carbocycles. The third-order valence-electron chi connectivity index (χ3n) is 8.10. The highest BCUT2D eigenvalue weighted by Crippen LogP contribution is 2.43. The molecular weight excluding hydrogens is 540 g/mol. The van der Waals surface area contributed by atoms with Crippen molar-refractivity contribution in [1.82, 2.24) is 24.8 Å². The normalized spacial score (nSPS) is 17.6. The minimum atomic E-state index is -3.64. The Morgan fingerprint density at radius 2 is 1.68 bits per heavy atom. The molecular formula is C29H40N8O3S. The lowest BCUT2D eigenvalue weighted by atomic mass is 10.0. The van der Waals surface area contributed by atoms with Crippen LogP contribution in [0.25, 0.3) is 0 Å². The van der Waals surface area contributed by atoms with Gasteiger partial charge in [0.1, 0.15) is 12.1 Å². The van der Waals surface area contributed by atoms with Crippen LogP contribution in [0.1, 0.15) is 26.7 Å². The Morgan fingerprint density at radius 3 is 2.34 bits per heavy atom. The molecule has 0 spiro atoms. The number of rotatable bonds is 8. The lowest BCUT2D eigenvalue weighted by molar-refractivity contribution is 0.0982. The van der Waals surface area contributed by atoms with Gasteiger partial charge in [0.15, 0.2) is 9.84 Å². The van der Waals surface area contributed by atoms with Crippen molar-refractivity contribution in [3.8, 4) is 5.75 Å². The van der Waals surface area contributed by atoms with Crippen LogP contribution < -0.4 is 20.3 Å². The zero-order valence-corrected chi connectivity index (χ0v) is 25.1. The number of benzene rings is 2.